The Hall–Kier alpha value is -1.15. The van der Waals surface area contributed by atoms with Gasteiger partial charge in [0.25, 0.3) is 0 Å². The summed E-state index contributed by atoms with van der Waals surface area (Å²) in [6.45, 7) is 2.19. The van der Waals surface area contributed by atoms with Crippen LogP contribution < -0.4 is 0 Å². The quantitative estimate of drug-likeness (QED) is 0.823. The van der Waals surface area contributed by atoms with Crippen LogP contribution >= 0.6 is 0 Å². The summed E-state index contributed by atoms with van der Waals surface area (Å²) in [7, 11) is 4.30. The van der Waals surface area contributed by atoms with Crippen LogP contribution in [0.5, 0.6) is 0 Å². The van der Waals surface area contributed by atoms with Crippen molar-refractivity contribution in [3.63, 3.8) is 0 Å². The molecular formula is C17H25NO. The lowest BCUT2D eigenvalue weighted by atomic mass is 9.80. The minimum atomic E-state index is 0.440. The largest absolute Gasteiger partial charge is 0.302 e. The number of carbonyl (C=O) groups is 1. The van der Waals surface area contributed by atoms with Crippen molar-refractivity contribution < 1.29 is 4.79 Å². The van der Waals surface area contributed by atoms with Crippen LogP contribution in [-0.2, 0) is 11.2 Å². The van der Waals surface area contributed by atoms with Crippen molar-refractivity contribution in [2.45, 2.75) is 45.1 Å². The summed E-state index contributed by atoms with van der Waals surface area (Å²) in [5, 5.41) is 0. The van der Waals surface area contributed by atoms with Crippen molar-refractivity contribution in [3.8, 4) is 0 Å². The van der Waals surface area contributed by atoms with Gasteiger partial charge in [0.15, 0.2) is 0 Å². The lowest BCUT2D eigenvalue weighted by molar-refractivity contribution is -0.121. The van der Waals surface area contributed by atoms with Crippen LogP contribution in [0.1, 0.15) is 49.8 Å². The van der Waals surface area contributed by atoms with E-state index >= 15 is 0 Å². The zero-order chi connectivity index (χ0) is 13.8. The molecule has 1 aromatic rings. The van der Waals surface area contributed by atoms with E-state index in [4.69, 9.17) is 0 Å². The molecule has 2 nitrogen and oxygen atoms in total. The van der Waals surface area contributed by atoms with E-state index in [1.807, 2.05) is 0 Å². The number of carbonyl (C=O) groups excluding carboxylic acids is 1. The Labute approximate surface area is 116 Å². The van der Waals surface area contributed by atoms with Crippen molar-refractivity contribution in [1.29, 1.82) is 0 Å². The van der Waals surface area contributed by atoms with Crippen molar-refractivity contribution in [2.75, 3.05) is 14.1 Å². The summed E-state index contributed by atoms with van der Waals surface area (Å²) < 4.78 is 0. The van der Waals surface area contributed by atoms with Crippen LogP contribution in [0, 0.1) is 5.92 Å². The molecule has 0 saturated heterocycles. The molecule has 0 amide bonds. The number of hydrogen-bond donors (Lipinski definition) is 0. The molecule has 2 heteroatoms. The summed E-state index contributed by atoms with van der Waals surface area (Å²) in [5.74, 6) is 1.05. The topological polar surface area (TPSA) is 20.3 Å². The van der Waals surface area contributed by atoms with Crippen LogP contribution in [-0.4, -0.2) is 24.8 Å². The van der Waals surface area contributed by atoms with Gasteiger partial charge in [-0.3, -0.25) is 4.79 Å². The minimum absolute atomic E-state index is 0.440. The molecule has 0 heterocycles. The van der Waals surface area contributed by atoms with E-state index < -0.39 is 0 Å². The molecule has 1 aliphatic rings. The molecule has 1 aliphatic carbocycles. The highest BCUT2D eigenvalue weighted by atomic mass is 16.1. The van der Waals surface area contributed by atoms with E-state index in [2.05, 4.69) is 50.2 Å². The van der Waals surface area contributed by atoms with Gasteiger partial charge in [-0.05, 0) is 50.4 Å². The van der Waals surface area contributed by atoms with Gasteiger partial charge in [-0.15, -0.1) is 0 Å². The Morgan fingerprint density at radius 1 is 1.16 bits per heavy atom. The summed E-state index contributed by atoms with van der Waals surface area (Å²) in [4.78, 5) is 13.7. The van der Waals surface area contributed by atoms with Gasteiger partial charge in [-0.2, -0.15) is 0 Å². The molecule has 1 saturated carbocycles. The lowest BCUT2D eigenvalue weighted by Crippen LogP contribution is -2.30. The SMILES string of the molecule is CCc1ccc(C(C2CCC(=O)CC2)N(C)C)cc1. The third-order valence-electron chi connectivity index (χ3n) is 4.32. The summed E-state index contributed by atoms with van der Waals surface area (Å²) >= 11 is 0. The van der Waals surface area contributed by atoms with E-state index in [0.717, 1.165) is 32.1 Å². The number of benzene rings is 1. The molecule has 0 radical (unpaired) electrons. The predicted octanol–water partition coefficient (Wildman–Crippen LogP) is 3.61. The molecule has 0 aliphatic heterocycles. The molecule has 1 fully saturated rings. The first kappa shape index (κ1) is 14.3. The maximum atomic E-state index is 11.4. The smallest absolute Gasteiger partial charge is 0.132 e. The second kappa shape index (κ2) is 6.33. The average Bonchev–Trinajstić information content (AvgIpc) is 2.42. The Balaban J connectivity index is 2.16. The van der Waals surface area contributed by atoms with Crippen LogP contribution in [0.15, 0.2) is 24.3 Å². The zero-order valence-corrected chi connectivity index (χ0v) is 12.4. The Morgan fingerprint density at radius 3 is 2.21 bits per heavy atom. The Kier molecular flexibility index (Phi) is 4.76. The van der Waals surface area contributed by atoms with Gasteiger partial charge in [0.05, 0.1) is 0 Å². The van der Waals surface area contributed by atoms with E-state index in [1.54, 1.807) is 0 Å². The van der Waals surface area contributed by atoms with Crippen LogP contribution in [0.3, 0.4) is 0 Å². The molecule has 104 valence electrons. The van der Waals surface area contributed by atoms with Gasteiger partial charge in [0.1, 0.15) is 5.78 Å². The van der Waals surface area contributed by atoms with Gasteiger partial charge in [0, 0.05) is 18.9 Å². The third-order valence-corrected chi connectivity index (χ3v) is 4.32. The number of nitrogens with zero attached hydrogens (tertiary/aromatic N) is 1. The second-order valence-electron chi connectivity index (χ2n) is 5.88. The molecule has 0 aromatic heterocycles. The molecule has 1 aromatic carbocycles. The maximum Gasteiger partial charge on any atom is 0.132 e. The number of rotatable bonds is 4. The Morgan fingerprint density at radius 2 is 1.74 bits per heavy atom. The average molecular weight is 259 g/mol. The molecule has 0 spiro atoms. The standard InChI is InChI=1S/C17H25NO/c1-4-13-5-7-14(8-6-13)17(18(2)3)15-9-11-16(19)12-10-15/h5-8,15,17H,4,9-12H2,1-3H3. The van der Waals surface area contributed by atoms with Gasteiger partial charge in [-0.25, -0.2) is 0 Å². The first-order valence-electron chi connectivity index (χ1n) is 7.38. The second-order valence-corrected chi connectivity index (χ2v) is 5.88. The molecule has 1 atom stereocenters. The van der Waals surface area contributed by atoms with E-state index in [0.29, 0.717) is 17.7 Å². The molecule has 0 N–H and O–H groups in total. The van der Waals surface area contributed by atoms with Gasteiger partial charge < -0.3 is 4.90 Å². The van der Waals surface area contributed by atoms with E-state index in [-0.39, 0.29) is 0 Å². The third kappa shape index (κ3) is 3.44. The number of Topliss-reactive ketones (excluding diaryl/α,β-unsaturated/α-hetero) is 1. The van der Waals surface area contributed by atoms with Crippen molar-refractivity contribution >= 4 is 5.78 Å². The van der Waals surface area contributed by atoms with Crippen molar-refractivity contribution in [2.24, 2.45) is 5.92 Å². The number of ketones is 1. The van der Waals surface area contributed by atoms with Crippen LogP contribution in [0.25, 0.3) is 0 Å². The fourth-order valence-corrected chi connectivity index (χ4v) is 3.22. The van der Waals surface area contributed by atoms with Gasteiger partial charge in [0.2, 0.25) is 0 Å². The highest BCUT2D eigenvalue weighted by Crippen LogP contribution is 2.36. The van der Waals surface area contributed by atoms with Crippen LogP contribution in [0.2, 0.25) is 0 Å². The fraction of sp³-hybridized carbons (Fsp3) is 0.588. The first-order chi connectivity index (χ1) is 9.11. The fourth-order valence-electron chi connectivity index (χ4n) is 3.22. The molecule has 0 bridgehead atoms. The zero-order valence-electron chi connectivity index (χ0n) is 12.4. The van der Waals surface area contributed by atoms with Crippen molar-refractivity contribution in [1.82, 2.24) is 4.90 Å². The van der Waals surface area contributed by atoms with E-state index in [9.17, 15) is 4.79 Å². The van der Waals surface area contributed by atoms with Gasteiger partial charge in [-0.1, -0.05) is 31.2 Å². The minimum Gasteiger partial charge on any atom is -0.302 e. The first-order valence-corrected chi connectivity index (χ1v) is 7.38. The predicted molar refractivity (Wildman–Crippen MR) is 79.2 cm³/mol. The molecule has 2 rings (SSSR count). The molecule has 1 unspecified atom stereocenters. The molecule has 19 heavy (non-hydrogen) atoms. The van der Waals surface area contributed by atoms with Crippen LogP contribution in [0.4, 0.5) is 0 Å². The highest BCUT2D eigenvalue weighted by molar-refractivity contribution is 5.79. The normalized spacial score (nSPS) is 18.8. The van der Waals surface area contributed by atoms with Gasteiger partial charge >= 0.3 is 0 Å². The summed E-state index contributed by atoms with van der Waals surface area (Å²) in [6.07, 6.45) is 4.70. The Bertz CT molecular complexity index is 411. The maximum absolute atomic E-state index is 11.4. The molecular weight excluding hydrogens is 234 g/mol. The number of aryl methyl sites for hydroxylation is 1. The summed E-state index contributed by atoms with van der Waals surface area (Å²) in [6, 6.07) is 9.44. The number of hydrogen-bond acceptors (Lipinski definition) is 2. The van der Waals surface area contributed by atoms with Crippen molar-refractivity contribution in [3.05, 3.63) is 35.4 Å². The monoisotopic (exact) mass is 259 g/mol. The lowest BCUT2D eigenvalue weighted by Gasteiger charge is -2.35. The summed E-state index contributed by atoms with van der Waals surface area (Å²) in [5.41, 5.74) is 2.78. The highest BCUT2D eigenvalue weighted by Gasteiger charge is 2.28. The van der Waals surface area contributed by atoms with E-state index in [1.165, 1.54) is 11.1 Å².